The molecule has 1 heterocycles. The lowest BCUT2D eigenvalue weighted by molar-refractivity contribution is 0.258. The van der Waals surface area contributed by atoms with Gasteiger partial charge in [0.2, 0.25) is 0 Å². The van der Waals surface area contributed by atoms with Gasteiger partial charge in [-0.3, -0.25) is 4.90 Å². The van der Waals surface area contributed by atoms with Crippen molar-refractivity contribution >= 4 is 40.6 Å². The Morgan fingerprint density at radius 2 is 1.83 bits per heavy atom. The molecule has 2 aromatic carbocycles. The molecule has 2 amide bonds. The number of carbonyl (C=O) groups excluding carboxylic acids is 1. The molecule has 3 rings (SSSR count). The van der Waals surface area contributed by atoms with Gasteiger partial charge in [-0.1, -0.05) is 17.7 Å². The maximum Gasteiger partial charge on any atom is 0.327 e. The summed E-state index contributed by atoms with van der Waals surface area (Å²) < 4.78 is 16.3. The topological polar surface area (TPSA) is 101 Å². The lowest BCUT2D eigenvalue weighted by atomic mass is 10.2. The van der Waals surface area contributed by atoms with E-state index in [1.807, 2.05) is 38.4 Å². The number of benzene rings is 2. The number of hydrogen-bond acceptors (Lipinski definition) is 8. The summed E-state index contributed by atoms with van der Waals surface area (Å²) in [7, 11) is 8.58. The molecule has 0 spiro atoms. The van der Waals surface area contributed by atoms with E-state index in [1.54, 1.807) is 25.2 Å². The van der Waals surface area contributed by atoms with Gasteiger partial charge in [-0.15, -0.1) is 0 Å². The Morgan fingerprint density at radius 1 is 1.03 bits per heavy atom. The van der Waals surface area contributed by atoms with E-state index < -0.39 is 6.03 Å². The zero-order valence-corrected chi connectivity index (χ0v) is 21.1. The van der Waals surface area contributed by atoms with Crippen molar-refractivity contribution in [3.8, 4) is 17.2 Å². The Balaban J connectivity index is 1.70. The zero-order chi connectivity index (χ0) is 25.4. The van der Waals surface area contributed by atoms with Gasteiger partial charge >= 0.3 is 6.03 Å². The highest BCUT2D eigenvalue weighted by molar-refractivity contribution is 6.35. The highest BCUT2D eigenvalue weighted by Crippen LogP contribution is 2.36. The van der Waals surface area contributed by atoms with E-state index in [9.17, 15) is 4.79 Å². The summed E-state index contributed by atoms with van der Waals surface area (Å²) in [5.41, 5.74) is 1.14. The van der Waals surface area contributed by atoms with Crippen LogP contribution >= 0.6 is 11.6 Å². The van der Waals surface area contributed by atoms with Crippen molar-refractivity contribution in [2.45, 2.75) is 0 Å². The maximum atomic E-state index is 12.9. The second-order valence-electron chi connectivity index (χ2n) is 7.75. The highest BCUT2D eigenvalue weighted by Gasteiger charge is 2.17. The van der Waals surface area contributed by atoms with E-state index in [0.29, 0.717) is 35.4 Å². The smallest absolute Gasteiger partial charge is 0.327 e. The third-order valence-corrected chi connectivity index (χ3v) is 5.31. The Labute approximate surface area is 209 Å². The van der Waals surface area contributed by atoms with Crippen LogP contribution in [0.4, 0.5) is 27.8 Å². The van der Waals surface area contributed by atoms with Crippen molar-refractivity contribution in [3.63, 3.8) is 0 Å². The van der Waals surface area contributed by atoms with Crippen LogP contribution in [0.15, 0.2) is 48.8 Å². The fourth-order valence-corrected chi connectivity index (χ4v) is 3.22. The quantitative estimate of drug-likeness (QED) is 0.419. The maximum absolute atomic E-state index is 12.9. The molecule has 11 heteroatoms. The molecule has 0 saturated carbocycles. The first kappa shape index (κ1) is 25.9. The van der Waals surface area contributed by atoms with Crippen molar-refractivity contribution in [3.05, 3.63) is 53.8 Å². The molecule has 2 N–H and O–H groups in total. The summed E-state index contributed by atoms with van der Waals surface area (Å²) in [6.07, 6.45) is 1.38. The van der Waals surface area contributed by atoms with Gasteiger partial charge in [0.15, 0.2) is 0 Å². The van der Waals surface area contributed by atoms with Crippen molar-refractivity contribution in [1.82, 2.24) is 14.9 Å². The van der Waals surface area contributed by atoms with Crippen LogP contribution in [0.5, 0.6) is 17.2 Å². The minimum Gasteiger partial charge on any atom is -0.497 e. The third kappa shape index (κ3) is 7.11. The third-order valence-electron chi connectivity index (χ3n) is 4.92. The number of amides is 2. The van der Waals surface area contributed by atoms with Crippen molar-refractivity contribution in [2.24, 2.45) is 0 Å². The normalized spacial score (nSPS) is 10.6. The molecule has 186 valence electrons. The van der Waals surface area contributed by atoms with E-state index in [-0.39, 0.29) is 5.02 Å². The predicted molar refractivity (Wildman–Crippen MR) is 138 cm³/mol. The average Bonchev–Trinajstić information content (AvgIpc) is 2.85. The molecule has 0 unspecified atom stereocenters. The summed E-state index contributed by atoms with van der Waals surface area (Å²) in [4.78, 5) is 24.8. The van der Waals surface area contributed by atoms with Crippen molar-refractivity contribution < 1.29 is 19.0 Å². The number of anilines is 4. The number of carbonyl (C=O) groups is 1. The zero-order valence-electron chi connectivity index (χ0n) is 20.3. The average molecular weight is 501 g/mol. The fourth-order valence-electron chi connectivity index (χ4n) is 2.99. The van der Waals surface area contributed by atoms with Gasteiger partial charge in [0.1, 0.15) is 46.8 Å². The first-order valence-electron chi connectivity index (χ1n) is 10.7. The minimum absolute atomic E-state index is 0.257. The lowest BCUT2D eigenvalue weighted by Gasteiger charge is -2.19. The molecule has 1 aromatic heterocycles. The molecule has 0 bridgehead atoms. The number of hydrogen-bond donors (Lipinski definition) is 2. The number of ether oxygens (including phenoxy) is 3. The van der Waals surface area contributed by atoms with E-state index in [0.717, 1.165) is 18.0 Å². The number of aromatic nitrogens is 2. The van der Waals surface area contributed by atoms with Crippen molar-refractivity contribution in [1.29, 1.82) is 0 Å². The Hall–Kier alpha value is -3.76. The van der Waals surface area contributed by atoms with Gasteiger partial charge in [0, 0.05) is 43.5 Å². The van der Waals surface area contributed by atoms with Gasteiger partial charge in [-0.05, 0) is 26.2 Å². The molecule has 0 saturated heterocycles. The fraction of sp³-hybridized carbons (Fsp3) is 0.292. The molecular weight excluding hydrogens is 472 g/mol. The van der Waals surface area contributed by atoms with Crippen molar-refractivity contribution in [2.75, 3.05) is 64.0 Å². The molecule has 0 atom stereocenters. The Kier molecular flexibility index (Phi) is 8.93. The Bertz CT molecular complexity index is 1160. The second kappa shape index (κ2) is 12.1. The van der Waals surface area contributed by atoms with Gasteiger partial charge in [0.05, 0.1) is 19.9 Å². The number of rotatable bonds is 10. The Morgan fingerprint density at radius 3 is 2.54 bits per heavy atom. The van der Waals surface area contributed by atoms with E-state index in [4.69, 9.17) is 25.8 Å². The molecule has 0 radical (unpaired) electrons. The second-order valence-corrected chi connectivity index (χ2v) is 8.12. The van der Waals surface area contributed by atoms with Crippen LogP contribution in [0.25, 0.3) is 0 Å². The van der Waals surface area contributed by atoms with Crippen LogP contribution < -0.4 is 29.7 Å². The SMILES string of the molecule is COc1cc(NC(=O)N(C)c2cc(Nc3cccc(OCCN(C)C)c3)ncn2)c(Cl)c(OC)c1. The molecule has 0 aliphatic rings. The van der Waals surface area contributed by atoms with Crippen LogP contribution in [0, 0.1) is 0 Å². The summed E-state index contributed by atoms with van der Waals surface area (Å²) in [6.45, 7) is 1.40. The van der Waals surface area contributed by atoms with Crippen LogP contribution in [-0.4, -0.2) is 69.4 Å². The van der Waals surface area contributed by atoms with Gasteiger partial charge in [-0.2, -0.15) is 0 Å². The molecule has 0 fully saturated rings. The standard InChI is InChI=1S/C24H29ClN6O4/c1-30(2)9-10-35-17-8-6-7-16(11-17)28-21-14-22(27-15-26-21)31(3)24(32)29-19-12-18(33-4)13-20(34-5)23(19)25/h6-8,11-15H,9-10H2,1-5H3,(H,29,32)(H,26,27,28). The van der Waals surface area contributed by atoms with Crippen LogP contribution in [-0.2, 0) is 0 Å². The van der Waals surface area contributed by atoms with E-state index in [2.05, 4.69) is 25.5 Å². The number of nitrogens with one attached hydrogen (secondary N) is 2. The summed E-state index contributed by atoms with van der Waals surface area (Å²) in [5, 5.41) is 6.23. The number of methoxy groups -OCH3 is 2. The molecule has 35 heavy (non-hydrogen) atoms. The minimum atomic E-state index is -0.455. The van der Waals surface area contributed by atoms with Gasteiger partial charge in [0.25, 0.3) is 0 Å². The van der Waals surface area contributed by atoms with E-state index in [1.165, 1.54) is 25.4 Å². The monoisotopic (exact) mass is 500 g/mol. The lowest BCUT2D eigenvalue weighted by Crippen LogP contribution is -2.32. The highest BCUT2D eigenvalue weighted by atomic mass is 35.5. The molecule has 0 aliphatic carbocycles. The van der Waals surface area contributed by atoms with Crippen LogP contribution in [0.1, 0.15) is 0 Å². The summed E-state index contributed by atoms with van der Waals surface area (Å²) >= 11 is 6.35. The number of likely N-dealkylation sites (N-methyl/N-ethyl adjacent to an activating group) is 1. The summed E-state index contributed by atoms with van der Waals surface area (Å²) in [5.74, 6) is 2.51. The van der Waals surface area contributed by atoms with Gasteiger partial charge < -0.3 is 29.7 Å². The van der Waals surface area contributed by atoms with E-state index >= 15 is 0 Å². The predicted octanol–water partition coefficient (Wildman–Crippen LogP) is 4.50. The first-order chi connectivity index (χ1) is 16.8. The molecule has 0 aliphatic heterocycles. The number of nitrogens with zero attached hydrogens (tertiary/aromatic N) is 4. The van der Waals surface area contributed by atoms with Crippen LogP contribution in [0.2, 0.25) is 5.02 Å². The summed E-state index contributed by atoms with van der Waals surface area (Å²) in [6, 6.07) is 12.0. The molecule has 3 aromatic rings. The van der Waals surface area contributed by atoms with Crippen LogP contribution in [0.3, 0.4) is 0 Å². The largest absolute Gasteiger partial charge is 0.497 e. The first-order valence-corrected chi connectivity index (χ1v) is 11.1. The molecular formula is C24H29ClN6O4. The van der Waals surface area contributed by atoms with Gasteiger partial charge in [-0.25, -0.2) is 14.8 Å². The molecule has 10 nitrogen and oxygen atoms in total. The number of halogens is 1. The number of urea groups is 1.